The molecule has 0 saturated carbocycles. The van der Waals surface area contributed by atoms with Crippen LogP contribution in [0.25, 0.3) is 0 Å². The fourth-order valence-electron chi connectivity index (χ4n) is 2.88. The van der Waals surface area contributed by atoms with E-state index in [0.717, 1.165) is 11.1 Å². The minimum atomic E-state index is -0.327. The van der Waals surface area contributed by atoms with E-state index in [2.05, 4.69) is 10.6 Å². The first kappa shape index (κ1) is 20.9. The molecule has 154 valence electrons. The van der Waals surface area contributed by atoms with Crippen LogP contribution in [0, 0.1) is 6.92 Å². The van der Waals surface area contributed by atoms with E-state index in [-0.39, 0.29) is 29.7 Å². The van der Waals surface area contributed by atoms with Crippen molar-refractivity contribution in [3.05, 3.63) is 93.9 Å². The van der Waals surface area contributed by atoms with Crippen LogP contribution >= 0.6 is 0 Å². The highest BCUT2D eigenvalue weighted by atomic mass is 16.3. The summed E-state index contributed by atoms with van der Waals surface area (Å²) in [6.45, 7) is 2.20. The molecular weight excluding hydrogens is 382 g/mol. The number of pyridine rings is 1. The van der Waals surface area contributed by atoms with E-state index in [1.165, 1.54) is 10.6 Å². The van der Waals surface area contributed by atoms with Crippen molar-refractivity contribution in [3.63, 3.8) is 0 Å². The molecule has 30 heavy (non-hydrogen) atoms. The van der Waals surface area contributed by atoms with Gasteiger partial charge >= 0.3 is 0 Å². The summed E-state index contributed by atoms with van der Waals surface area (Å²) in [6, 6.07) is 16.6. The van der Waals surface area contributed by atoms with Crippen LogP contribution < -0.4 is 16.2 Å². The predicted octanol–water partition coefficient (Wildman–Crippen LogP) is 2.47. The molecule has 3 N–H and O–H groups in total. The van der Waals surface area contributed by atoms with E-state index in [1.807, 2.05) is 19.1 Å². The number of aromatic nitrogens is 1. The Bertz CT molecular complexity index is 1090. The van der Waals surface area contributed by atoms with Crippen LogP contribution in [-0.4, -0.2) is 28.0 Å². The summed E-state index contributed by atoms with van der Waals surface area (Å²) in [5.41, 5.74) is 2.64. The smallest absolute Gasteiger partial charge is 0.251 e. The maximum atomic E-state index is 12.3. The van der Waals surface area contributed by atoms with Gasteiger partial charge in [0.25, 0.3) is 11.5 Å². The zero-order valence-electron chi connectivity index (χ0n) is 16.6. The number of nitrogens with one attached hydrogen (secondary N) is 2. The number of carbonyl (C=O) groups is 2. The number of aromatic hydroxyl groups is 1. The van der Waals surface area contributed by atoms with Crippen LogP contribution in [0.3, 0.4) is 0 Å². The van der Waals surface area contributed by atoms with Gasteiger partial charge in [-0.1, -0.05) is 12.1 Å². The molecule has 7 nitrogen and oxygen atoms in total. The number of rotatable bonds is 7. The molecule has 0 atom stereocenters. The van der Waals surface area contributed by atoms with Crippen LogP contribution in [0.5, 0.6) is 5.75 Å². The van der Waals surface area contributed by atoms with Crippen LogP contribution in [0.4, 0.5) is 5.69 Å². The molecular formula is C23H23N3O4. The van der Waals surface area contributed by atoms with Crippen LogP contribution in [0.15, 0.2) is 71.7 Å². The largest absolute Gasteiger partial charge is 0.508 e. The fourth-order valence-corrected chi connectivity index (χ4v) is 2.88. The number of anilines is 1. The number of phenols is 1. The lowest BCUT2D eigenvalue weighted by Gasteiger charge is -2.09. The molecule has 1 aromatic heterocycles. The van der Waals surface area contributed by atoms with Gasteiger partial charge in [0, 0.05) is 30.1 Å². The van der Waals surface area contributed by atoms with Crippen LogP contribution in [0.1, 0.15) is 21.5 Å². The highest BCUT2D eigenvalue weighted by Gasteiger charge is 2.08. The first-order chi connectivity index (χ1) is 14.4. The standard InChI is InChI=1S/C23H23N3O4/c1-16-11-13-26(22(29)14-16)15-21(28)25-19-6-4-18(5-7-19)23(30)24-12-10-17-2-8-20(27)9-3-17/h2-9,11,13-14,27H,10,12,15H2,1H3,(H,24,30)(H,25,28). The Morgan fingerprint density at radius 3 is 2.37 bits per heavy atom. The number of amides is 2. The summed E-state index contributed by atoms with van der Waals surface area (Å²) in [5, 5.41) is 14.8. The zero-order valence-corrected chi connectivity index (χ0v) is 16.6. The van der Waals surface area contributed by atoms with E-state index >= 15 is 0 Å². The highest BCUT2D eigenvalue weighted by molar-refractivity contribution is 5.95. The van der Waals surface area contributed by atoms with Gasteiger partial charge in [-0.2, -0.15) is 0 Å². The Kier molecular flexibility index (Phi) is 6.64. The summed E-state index contributed by atoms with van der Waals surface area (Å²) in [7, 11) is 0. The first-order valence-electron chi connectivity index (χ1n) is 9.54. The Balaban J connectivity index is 1.49. The number of hydrogen-bond acceptors (Lipinski definition) is 4. The van der Waals surface area contributed by atoms with Crippen molar-refractivity contribution < 1.29 is 14.7 Å². The summed E-state index contributed by atoms with van der Waals surface area (Å²) in [4.78, 5) is 36.3. The van der Waals surface area contributed by atoms with Crippen molar-refractivity contribution in [2.45, 2.75) is 19.9 Å². The molecule has 0 aliphatic heterocycles. The van der Waals surface area contributed by atoms with E-state index in [1.54, 1.807) is 48.7 Å². The Morgan fingerprint density at radius 1 is 1.00 bits per heavy atom. The van der Waals surface area contributed by atoms with Crippen molar-refractivity contribution in [2.75, 3.05) is 11.9 Å². The van der Waals surface area contributed by atoms with Crippen molar-refractivity contribution in [1.29, 1.82) is 0 Å². The molecule has 2 aromatic carbocycles. The third-order valence-electron chi connectivity index (χ3n) is 4.53. The van der Waals surface area contributed by atoms with E-state index in [9.17, 15) is 19.5 Å². The summed E-state index contributed by atoms with van der Waals surface area (Å²) in [5.74, 6) is -0.328. The number of benzene rings is 2. The SMILES string of the molecule is Cc1ccn(CC(=O)Nc2ccc(C(=O)NCCc3ccc(O)cc3)cc2)c(=O)c1. The summed E-state index contributed by atoms with van der Waals surface area (Å²) >= 11 is 0. The Morgan fingerprint density at radius 2 is 1.70 bits per heavy atom. The van der Waals surface area contributed by atoms with Gasteiger partial charge in [-0.15, -0.1) is 0 Å². The molecule has 0 aliphatic rings. The lowest BCUT2D eigenvalue weighted by atomic mass is 10.1. The minimum Gasteiger partial charge on any atom is -0.508 e. The van der Waals surface area contributed by atoms with Crippen LogP contribution in [0.2, 0.25) is 0 Å². The number of nitrogens with zero attached hydrogens (tertiary/aromatic N) is 1. The molecule has 2 amide bonds. The van der Waals surface area contributed by atoms with Gasteiger partial charge in [0.1, 0.15) is 12.3 Å². The van der Waals surface area contributed by atoms with Crippen LogP contribution in [-0.2, 0) is 17.8 Å². The van der Waals surface area contributed by atoms with Gasteiger partial charge in [0.15, 0.2) is 0 Å². The van der Waals surface area contributed by atoms with Crippen molar-refractivity contribution >= 4 is 17.5 Å². The molecule has 0 spiro atoms. The summed E-state index contributed by atoms with van der Waals surface area (Å²) < 4.78 is 1.33. The van der Waals surface area contributed by atoms with Gasteiger partial charge in [-0.25, -0.2) is 0 Å². The monoisotopic (exact) mass is 405 g/mol. The third kappa shape index (κ3) is 5.81. The fraction of sp³-hybridized carbons (Fsp3) is 0.174. The highest BCUT2D eigenvalue weighted by Crippen LogP contribution is 2.11. The first-order valence-corrected chi connectivity index (χ1v) is 9.54. The van der Waals surface area contributed by atoms with Gasteiger partial charge in [-0.3, -0.25) is 14.4 Å². The average molecular weight is 405 g/mol. The molecule has 3 aromatic rings. The molecule has 7 heteroatoms. The van der Waals surface area contributed by atoms with Crippen molar-refractivity contribution in [3.8, 4) is 5.75 Å². The normalized spacial score (nSPS) is 10.4. The number of carbonyl (C=O) groups excluding carboxylic acids is 2. The third-order valence-corrected chi connectivity index (χ3v) is 4.53. The molecule has 0 fully saturated rings. The lowest BCUT2D eigenvalue weighted by molar-refractivity contribution is -0.116. The molecule has 0 unspecified atom stereocenters. The van der Waals surface area contributed by atoms with Crippen molar-refractivity contribution in [1.82, 2.24) is 9.88 Å². The predicted molar refractivity (Wildman–Crippen MR) is 115 cm³/mol. The lowest BCUT2D eigenvalue weighted by Crippen LogP contribution is -2.27. The summed E-state index contributed by atoms with van der Waals surface area (Å²) in [6.07, 6.45) is 2.24. The molecule has 3 rings (SSSR count). The van der Waals surface area contributed by atoms with E-state index in [0.29, 0.717) is 24.2 Å². The quantitative estimate of drug-likeness (QED) is 0.562. The number of phenolic OH excluding ortho intramolecular Hbond substituents is 1. The van der Waals surface area contributed by atoms with Gasteiger partial charge in [-0.05, 0) is 66.9 Å². The Labute approximate surface area is 174 Å². The molecule has 1 heterocycles. The molecule has 0 radical (unpaired) electrons. The van der Waals surface area contributed by atoms with Gasteiger partial charge < -0.3 is 20.3 Å². The molecule has 0 saturated heterocycles. The molecule has 0 bridgehead atoms. The molecule has 0 aliphatic carbocycles. The van der Waals surface area contributed by atoms with Gasteiger partial charge in [0.05, 0.1) is 0 Å². The van der Waals surface area contributed by atoms with E-state index in [4.69, 9.17) is 0 Å². The maximum absolute atomic E-state index is 12.3. The zero-order chi connectivity index (χ0) is 21.5. The van der Waals surface area contributed by atoms with Gasteiger partial charge in [0.2, 0.25) is 5.91 Å². The second-order valence-electron chi connectivity index (χ2n) is 6.97. The maximum Gasteiger partial charge on any atom is 0.251 e. The van der Waals surface area contributed by atoms with Crippen molar-refractivity contribution in [2.24, 2.45) is 0 Å². The number of aryl methyl sites for hydroxylation is 1. The number of hydrogen-bond donors (Lipinski definition) is 3. The topological polar surface area (TPSA) is 100 Å². The van der Waals surface area contributed by atoms with E-state index < -0.39 is 0 Å². The second-order valence-corrected chi connectivity index (χ2v) is 6.97. The average Bonchev–Trinajstić information content (AvgIpc) is 2.72. The second kappa shape index (κ2) is 9.56. The minimum absolute atomic E-state index is 0.0847. The Hall–Kier alpha value is -3.87.